The number of nitrogens with two attached hydrogens (primary N) is 1. The van der Waals surface area contributed by atoms with Crippen molar-refractivity contribution >= 4 is 52.2 Å². The molecule has 0 aliphatic rings. The fourth-order valence-electron chi connectivity index (χ4n) is 1.64. The van der Waals surface area contributed by atoms with E-state index in [2.05, 4.69) is 10.5 Å². The monoisotopic (exact) mass is 337 g/mol. The maximum atomic E-state index is 12.2. The van der Waals surface area contributed by atoms with Gasteiger partial charge in [-0.1, -0.05) is 53.3 Å². The van der Waals surface area contributed by atoms with Crippen molar-refractivity contribution in [3.8, 4) is 0 Å². The molecule has 110 valence electrons. The smallest absolute Gasteiger partial charge is 0.235 e. The van der Waals surface area contributed by atoms with E-state index in [1.807, 2.05) is 6.92 Å². The minimum atomic E-state index is -0.757. The van der Waals surface area contributed by atoms with Crippen LogP contribution in [0.1, 0.15) is 19.8 Å². The number of oxime groups is 1. The predicted molar refractivity (Wildman–Crippen MR) is 81.9 cm³/mol. The molecule has 1 rings (SSSR count). The molecule has 0 aliphatic carbocycles. The summed E-state index contributed by atoms with van der Waals surface area (Å²) in [6.07, 6.45) is 1.13. The Morgan fingerprint density at radius 3 is 2.40 bits per heavy atom. The molecule has 4 N–H and O–H groups in total. The summed E-state index contributed by atoms with van der Waals surface area (Å²) in [7, 11) is 0. The first-order valence-electron chi connectivity index (χ1n) is 5.83. The molecule has 20 heavy (non-hydrogen) atoms. The number of carbonyl (C=O) groups is 1. The number of carbonyl (C=O) groups excluding carboxylic acids is 1. The van der Waals surface area contributed by atoms with Crippen LogP contribution in [0, 0.1) is 5.92 Å². The molecule has 1 atom stereocenters. The number of rotatable bonds is 5. The van der Waals surface area contributed by atoms with Gasteiger partial charge in [-0.25, -0.2) is 0 Å². The molecular weight excluding hydrogens is 325 g/mol. The first-order chi connectivity index (χ1) is 9.40. The largest absolute Gasteiger partial charge is 0.409 e. The van der Waals surface area contributed by atoms with E-state index < -0.39 is 11.8 Å². The van der Waals surface area contributed by atoms with Gasteiger partial charge in [0, 0.05) is 5.02 Å². The topological polar surface area (TPSA) is 87.7 Å². The average molecular weight is 339 g/mol. The zero-order valence-corrected chi connectivity index (χ0v) is 12.9. The van der Waals surface area contributed by atoms with E-state index in [0.717, 1.165) is 0 Å². The Kier molecular flexibility index (Phi) is 6.39. The van der Waals surface area contributed by atoms with Crippen LogP contribution in [0.4, 0.5) is 5.69 Å². The van der Waals surface area contributed by atoms with Crippen LogP contribution in [0.2, 0.25) is 15.1 Å². The number of hydrogen-bond acceptors (Lipinski definition) is 3. The van der Waals surface area contributed by atoms with Gasteiger partial charge in [0.15, 0.2) is 5.84 Å². The molecule has 8 heteroatoms. The molecular formula is C12H14Cl3N3O2. The number of halogens is 3. The lowest BCUT2D eigenvalue weighted by molar-refractivity contribution is -0.118. The van der Waals surface area contributed by atoms with Crippen LogP contribution in [0.15, 0.2) is 17.3 Å². The number of amidine groups is 1. The Labute approximate surface area is 131 Å². The molecule has 1 aromatic rings. The number of benzene rings is 1. The van der Waals surface area contributed by atoms with E-state index in [9.17, 15) is 4.79 Å². The van der Waals surface area contributed by atoms with Gasteiger partial charge in [-0.15, -0.1) is 0 Å². The second-order valence-electron chi connectivity index (χ2n) is 4.10. The SMILES string of the molecule is CCCC(C(=O)Nc1c(Cl)cc(Cl)cc1Cl)C(N)=NO. The Bertz CT molecular complexity index is 512. The highest BCUT2D eigenvalue weighted by Crippen LogP contribution is 2.34. The zero-order valence-electron chi connectivity index (χ0n) is 10.7. The quantitative estimate of drug-likeness (QED) is 0.331. The van der Waals surface area contributed by atoms with Gasteiger partial charge in [0.25, 0.3) is 0 Å². The lowest BCUT2D eigenvalue weighted by Gasteiger charge is -2.16. The van der Waals surface area contributed by atoms with Crippen molar-refractivity contribution in [1.82, 2.24) is 0 Å². The molecule has 1 aromatic carbocycles. The second kappa shape index (κ2) is 7.57. The van der Waals surface area contributed by atoms with Crippen LogP contribution in [0.25, 0.3) is 0 Å². The van der Waals surface area contributed by atoms with E-state index >= 15 is 0 Å². The van der Waals surface area contributed by atoms with E-state index in [1.54, 1.807) is 0 Å². The van der Waals surface area contributed by atoms with Crippen LogP contribution >= 0.6 is 34.8 Å². The van der Waals surface area contributed by atoms with Gasteiger partial charge in [0.1, 0.15) is 0 Å². The lowest BCUT2D eigenvalue weighted by atomic mass is 10.0. The Morgan fingerprint density at radius 2 is 1.95 bits per heavy atom. The summed E-state index contributed by atoms with van der Waals surface area (Å²) < 4.78 is 0. The number of nitrogens with zero attached hydrogens (tertiary/aromatic N) is 1. The van der Waals surface area contributed by atoms with E-state index in [-0.39, 0.29) is 21.6 Å². The number of amides is 1. The van der Waals surface area contributed by atoms with Crippen molar-refractivity contribution in [3.05, 3.63) is 27.2 Å². The summed E-state index contributed by atoms with van der Waals surface area (Å²) in [6.45, 7) is 1.88. The molecule has 0 saturated carbocycles. The predicted octanol–water partition coefficient (Wildman–Crippen LogP) is 3.75. The second-order valence-corrected chi connectivity index (χ2v) is 5.35. The molecule has 0 saturated heterocycles. The molecule has 0 spiro atoms. The third-order valence-corrected chi connectivity index (χ3v) is 3.44. The summed E-state index contributed by atoms with van der Waals surface area (Å²) in [5.74, 6) is -1.37. The molecule has 1 amide bonds. The fraction of sp³-hybridized carbons (Fsp3) is 0.333. The third kappa shape index (κ3) is 4.16. The summed E-state index contributed by atoms with van der Waals surface area (Å²) in [4.78, 5) is 12.2. The first kappa shape index (κ1) is 16.9. The van der Waals surface area contributed by atoms with Gasteiger partial charge < -0.3 is 16.3 Å². The molecule has 0 heterocycles. The summed E-state index contributed by atoms with van der Waals surface area (Å²) in [5.41, 5.74) is 5.76. The minimum absolute atomic E-state index is 0.162. The van der Waals surface area contributed by atoms with Gasteiger partial charge in [0.05, 0.1) is 21.7 Å². The molecule has 0 aliphatic heterocycles. The highest BCUT2D eigenvalue weighted by Gasteiger charge is 2.24. The van der Waals surface area contributed by atoms with Crippen LogP contribution in [-0.4, -0.2) is 17.0 Å². The van der Waals surface area contributed by atoms with Crippen molar-refractivity contribution in [2.45, 2.75) is 19.8 Å². The summed E-state index contributed by atoms with van der Waals surface area (Å²) in [6, 6.07) is 2.92. The van der Waals surface area contributed by atoms with Crippen LogP contribution in [0.3, 0.4) is 0 Å². The average Bonchev–Trinajstić information content (AvgIpc) is 2.39. The van der Waals surface area contributed by atoms with Gasteiger partial charge in [-0.05, 0) is 18.6 Å². The maximum Gasteiger partial charge on any atom is 0.235 e. The van der Waals surface area contributed by atoms with Crippen molar-refractivity contribution < 1.29 is 10.0 Å². The minimum Gasteiger partial charge on any atom is -0.409 e. The third-order valence-electron chi connectivity index (χ3n) is 2.62. The fourth-order valence-corrected chi connectivity index (χ4v) is 2.56. The number of nitrogens with one attached hydrogen (secondary N) is 1. The maximum absolute atomic E-state index is 12.2. The number of hydrogen-bond donors (Lipinski definition) is 3. The van der Waals surface area contributed by atoms with Crippen molar-refractivity contribution in [2.75, 3.05) is 5.32 Å². The van der Waals surface area contributed by atoms with E-state index in [4.69, 9.17) is 45.7 Å². The molecule has 5 nitrogen and oxygen atoms in total. The van der Waals surface area contributed by atoms with Gasteiger partial charge >= 0.3 is 0 Å². The Balaban J connectivity index is 3.00. The standard InChI is InChI=1S/C12H14Cl3N3O2/c1-2-3-7(11(16)18-20)12(19)17-10-8(14)4-6(13)5-9(10)15/h4-5,7,20H,2-3H2,1H3,(H2,16,18)(H,17,19). The zero-order chi connectivity index (χ0) is 15.3. The van der Waals surface area contributed by atoms with Crippen LogP contribution in [0.5, 0.6) is 0 Å². The van der Waals surface area contributed by atoms with Gasteiger partial charge in [0.2, 0.25) is 5.91 Å². The normalized spacial score (nSPS) is 13.1. The molecule has 1 unspecified atom stereocenters. The van der Waals surface area contributed by atoms with Gasteiger partial charge in [-0.3, -0.25) is 4.79 Å². The molecule has 0 bridgehead atoms. The Morgan fingerprint density at radius 1 is 1.40 bits per heavy atom. The lowest BCUT2D eigenvalue weighted by Crippen LogP contribution is -2.34. The van der Waals surface area contributed by atoms with Gasteiger partial charge in [-0.2, -0.15) is 0 Å². The molecule has 0 aromatic heterocycles. The highest BCUT2D eigenvalue weighted by molar-refractivity contribution is 6.42. The highest BCUT2D eigenvalue weighted by atomic mass is 35.5. The number of anilines is 1. The van der Waals surface area contributed by atoms with Crippen molar-refractivity contribution in [1.29, 1.82) is 0 Å². The van der Waals surface area contributed by atoms with Crippen molar-refractivity contribution in [3.63, 3.8) is 0 Å². The van der Waals surface area contributed by atoms with E-state index in [1.165, 1.54) is 12.1 Å². The van der Waals surface area contributed by atoms with Crippen LogP contribution in [-0.2, 0) is 4.79 Å². The van der Waals surface area contributed by atoms with E-state index in [0.29, 0.717) is 17.9 Å². The summed E-state index contributed by atoms with van der Waals surface area (Å²) >= 11 is 17.7. The molecule has 0 radical (unpaired) electrons. The molecule has 0 fully saturated rings. The van der Waals surface area contributed by atoms with Crippen molar-refractivity contribution in [2.24, 2.45) is 16.8 Å². The first-order valence-corrected chi connectivity index (χ1v) is 6.96. The van der Waals surface area contributed by atoms with Crippen LogP contribution < -0.4 is 11.1 Å². The Hall–Kier alpha value is -1.17. The summed E-state index contributed by atoms with van der Waals surface area (Å²) in [5, 5.41) is 14.9.